The molecule has 2 aromatic carbocycles. The number of thiazole rings is 1. The van der Waals surface area contributed by atoms with Crippen molar-refractivity contribution in [2.45, 2.75) is 12.3 Å². The summed E-state index contributed by atoms with van der Waals surface area (Å²) in [6.07, 6.45) is 3.82. The maximum Gasteiger partial charge on any atom is 0.226 e. The van der Waals surface area contributed by atoms with Crippen molar-refractivity contribution >= 4 is 33.3 Å². The van der Waals surface area contributed by atoms with Gasteiger partial charge in [-0.1, -0.05) is 42.2 Å². The molecule has 2 aromatic heterocycles. The van der Waals surface area contributed by atoms with Gasteiger partial charge in [0.1, 0.15) is 12.4 Å². The second kappa shape index (κ2) is 7.88. The lowest BCUT2D eigenvalue weighted by molar-refractivity contribution is -0.116. The maximum atomic E-state index is 12.6. The molecular formula is C23H20N4O3S. The molecule has 0 spiro atoms. The first-order valence-electron chi connectivity index (χ1n) is 9.83. The van der Waals surface area contributed by atoms with E-state index in [4.69, 9.17) is 9.47 Å². The van der Waals surface area contributed by atoms with E-state index in [1.165, 1.54) is 11.3 Å². The molecule has 156 valence electrons. The Labute approximate surface area is 182 Å². The van der Waals surface area contributed by atoms with Crippen LogP contribution in [-0.2, 0) is 4.79 Å². The van der Waals surface area contributed by atoms with Gasteiger partial charge >= 0.3 is 0 Å². The number of hydrogen-bond donors (Lipinski definition) is 1. The summed E-state index contributed by atoms with van der Waals surface area (Å²) in [6.45, 7) is 4.06. The second-order valence-electron chi connectivity index (χ2n) is 7.14. The molecular weight excluding hydrogens is 412 g/mol. The first kappa shape index (κ1) is 19.3. The smallest absolute Gasteiger partial charge is 0.226 e. The van der Waals surface area contributed by atoms with Crippen LogP contribution in [0.1, 0.15) is 23.5 Å². The summed E-state index contributed by atoms with van der Waals surface area (Å²) in [4.78, 5) is 17.3. The molecule has 0 unspecified atom stereocenters. The molecule has 4 aromatic rings. The molecule has 1 atom stereocenters. The normalized spacial score (nSPS) is 15.4. The van der Waals surface area contributed by atoms with Crippen molar-refractivity contribution in [2.75, 3.05) is 19.0 Å². The minimum atomic E-state index is -0.144. The SMILES string of the molecule is C=CCOc1ccc([C@H]2CC(=O)Nc3c2cnn3-c2nc3ccccc3s2)cc1OC. The van der Waals surface area contributed by atoms with Gasteiger partial charge in [0.15, 0.2) is 11.5 Å². The zero-order valence-electron chi connectivity index (χ0n) is 16.9. The van der Waals surface area contributed by atoms with Gasteiger partial charge in [-0.25, -0.2) is 4.98 Å². The molecule has 1 aliphatic rings. The van der Waals surface area contributed by atoms with Gasteiger partial charge in [0.05, 0.1) is 23.5 Å². The summed E-state index contributed by atoms with van der Waals surface area (Å²) < 4.78 is 13.9. The summed E-state index contributed by atoms with van der Waals surface area (Å²) >= 11 is 1.54. The van der Waals surface area contributed by atoms with Gasteiger partial charge in [-0.15, -0.1) is 0 Å². The lowest BCUT2D eigenvalue weighted by Crippen LogP contribution is -2.24. The van der Waals surface area contributed by atoms with Crippen LogP contribution in [0, 0.1) is 0 Å². The molecule has 5 rings (SSSR count). The Hall–Kier alpha value is -3.65. The van der Waals surface area contributed by atoms with E-state index >= 15 is 0 Å². The molecule has 1 N–H and O–H groups in total. The fourth-order valence-electron chi connectivity index (χ4n) is 3.78. The minimum absolute atomic E-state index is 0.0636. The van der Waals surface area contributed by atoms with E-state index in [2.05, 4.69) is 22.0 Å². The zero-order valence-corrected chi connectivity index (χ0v) is 17.7. The topological polar surface area (TPSA) is 78.3 Å². The Morgan fingerprint density at radius 1 is 1.29 bits per heavy atom. The van der Waals surface area contributed by atoms with Crippen molar-refractivity contribution in [1.82, 2.24) is 14.8 Å². The molecule has 1 amide bonds. The number of methoxy groups -OCH3 is 1. The lowest BCUT2D eigenvalue weighted by atomic mass is 9.87. The number of fused-ring (bicyclic) bond motifs is 2. The minimum Gasteiger partial charge on any atom is -0.493 e. The first-order chi connectivity index (χ1) is 15.2. The molecule has 0 aliphatic carbocycles. The van der Waals surface area contributed by atoms with Gasteiger partial charge < -0.3 is 14.8 Å². The third-order valence-electron chi connectivity index (χ3n) is 5.23. The second-order valence-corrected chi connectivity index (χ2v) is 8.15. The highest BCUT2D eigenvalue weighted by molar-refractivity contribution is 7.20. The molecule has 3 heterocycles. The van der Waals surface area contributed by atoms with Gasteiger partial charge in [-0.3, -0.25) is 4.79 Å². The van der Waals surface area contributed by atoms with Crippen LogP contribution in [0.2, 0.25) is 0 Å². The van der Waals surface area contributed by atoms with Gasteiger partial charge in [0.2, 0.25) is 11.0 Å². The number of nitrogens with zero attached hydrogens (tertiary/aromatic N) is 3. The highest BCUT2D eigenvalue weighted by Crippen LogP contribution is 2.41. The van der Waals surface area contributed by atoms with E-state index in [9.17, 15) is 4.79 Å². The van der Waals surface area contributed by atoms with Crippen molar-refractivity contribution in [3.63, 3.8) is 0 Å². The molecule has 0 radical (unpaired) electrons. The average Bonchev–Trinajstić information content (AvgIpc) is 3.40. The Kier molecular flexibility index (Phi) is 4.91. The number of benzene rings is 2. The van der Waals surface area contributed by atoms with Gasteiger partial charge in [-0.2, -0.15) is 9.78 Å². The molecule has 8 heteroatoms. The van der Waals surface area contributed by atoms with E-state index in [0.29, 0.717) is 35.5 Å². The Bertz CT molecular complexity index is 1260. The van der Waals surface area contributed by atoms with Gasteiger partial charge in [0.25, 0.3) is 0 Å². The number of ether oxygens (including phenoxy) is 2. The van der Waals surface area contributed by atoms with E-state index in [1.807, 2.05) is 42.5 Å². The fourth-order valence-corrected chi connectivity index (χ4v) is 4.71. The van der Waals surface area contributed by atoms with Crippen LogP contribution >= 0.6 is 11.3 Å². The van der Waals surface area contributed by atoms with Crippen LogP contribution in [0.25, 0.3) is 15.3 Å². The van der Waals surface area contributed by atoms with Crippen molar-refractivity contribution in [3.05, 3.63) is 72.4 Å². The number of rotatable bonds is 6. The van der Waals surface area contributed by atoms with Crippen molar-refractivity contribution in [3.8, 4) is 16.6 Å². The molecule has 7 nitrogen and oxygen atoms in total. The fraction of sp³-hybridized carbons (Fsp3) is 0.174. The Balaban J connectivity index is 1.55. The van der Waals surface area contributed by atoms with Crippen LogP contribution < -0.4 is 14.8 Å². The predicted molar refractivity (Wildman–Crippen MR) is 121 cm³/mol. The van der Waals surface area contributed by atoms with Gasteiger partial charge in [0, 0.05) is 17.9 Å². The van der Waals surface area contributed by atoms with Gasteiger partial charge in [-0.05, 0) is 29.8 Å². The lowest BCUT2D eigenvalue weighted by Gasteiger charge is -2.24. The third kappa shape index (κ3) is 3.44. The summed E-state index contributed by atoms with van der Waals surface area (Å²) in [5.74, 6) is 1.70. The molecule has 31 heavy (non-hydrogen) atoms. The number of anilines is 1. The molecule has 1 aliphatic heterocycles. The number of hydrogen-bond acceptors (Lipinski definition) is 6. The first-order valence-corrected chi connectivity index (χ1v) is 10.6. The highest BCUT2D eigenvalue weighted by Gasteiger charge is 2.31. The van der Waals surface area contributed by atoms with E-state index < -0.39 is 0 Å². The predicted octanol–water partition coefficient (Wildman–Crippen LogP) is 4.53. The van der Waals surface area contributed by atoms with Crippen LogP contribution in [0.4, 0.5) is 5.82 Å². The molecule has 0 fully saturated rings. The number of para-hydroxylation sites is 1. The quantitative estimate of drug-likeness (QED) is 0.453. The highest BCUT2D eigenvalue weighted by atomic mass is 32.1. The molecule has 0 saturated carbocycles. The van der Waals surface area contributed by atoms with Crippen molar-refractivity contribution < 1.29 is 14.3 Å². The van der Waals surface area contributed by atoms with Crippen LogP contribution in [0.3, 0.4) is 0 Å². The number of aromatic nitrogens is 3. The summed E-state index contributed by atoms with van der Waals surface area (Å²) in [5, 5.41) is 8.25. The van der Waals surface area contributed by atoms with Crippen molar-refractivity contribution in [2.24, 2.45) is 0 Å². The average molecular weight is 433 g/mol. The Morgan fingerprint density at radius 3 is 2.97 bits per heavy atom. The summed E-state index contributed by atoms with van der Waals surface area (Å²) in [5.41, 5.74) is 2.81. The van der Waals surface area contributed by atoms with E-state index in [1.54, 1.807) is 24.1 Å². The maximum absolute atomic E-state index is 12.6. The number of nitrogens with one attached hydrogen (secondary N) is 1. The standard InChI is InChI=1S/C23H20N4O3S/c1-3-10-30-18-9-8-14(11-19(18)29-2)15-12-21(28)26-22-16(15)13-24-27(22)23-25-17-6-4-5-7-20(17)31-23/h3-9,11,13,15H,1,10,12H2,2H3,(H,26,28)/t15-/m1/s1. The monoisotopic (exact) mass is 432 g/mol. The summed E-state index contributed by atoms with van der Waals surface area (Å²) in [6, 6.07) is 13.7. The van der Waals surface area contributed by atoms with E-state index in [0.717, 1.165) is 21.3 Å². The number of carbonyl (C=O) groups excluding carboxylic acids is 1. The van der Waals surface area contributed by atoms with Crippen LogP contribution in [0.5, 0.6) is 11.5 Å². The van der Waals surface area contributed by atoms with Crippen LogP contribution in [0.15, 0.2) is 61.3 Å². The Morgan fingerprint density at radius 2 is 2.16 bits per heavy atom. The zero-order chi connectivity index (χ0) is 21.4. The van der Waals surface area contributed by atoms with Crippen molar-refractivity contribution in [1.29, 1.82) is 0 Å². The largest absolute Gasteiger partial charge is 0.493 e. The molecule has 0 bridgehead atoms. The number of carbonyl (C=O) groups is 1. The number of amides is 1. The molecule has 0 saturated heterocycles. The summed E-state index contributed by atoms with van der Waals surface area (Å²) in [7, 11) is 1.60. The van der Waals surface area contributed by atoms with E-state index in [-0.39, 0.29) is 11.8 Å². The third-order valence-corrected chi connectivity index (χ3v) is 6.24. The van der Waals surface area contributed by atoms with Crippen LogP contribution in [-0.4, -0.2) is 34.4 Å².